The van der Waals surface area contributed by atoms with Crippen LogP contribution in [0.4, 0.5) is 11.8 Å². The van der Waals surface area contributed by atoms with E-state index in [1.807, 2.05) is 0 Å². The molecular weight excluding hydrogens is 712 g/mol. The Labute approximate surface area is 279 Å². The van der Waals surface area contributed by atoms with Crippen molar-refractivity contribution in [2.75, 3.05) is 51.0 Å². The number of aliphatic hydroxyl groups excluding tert-OH is 2. The Balaban J connectivity index is 1.17. The zero-order valence-corrected chi connectivity index (χ0v) is 27.4. The molecule has 0 amide bonds. The van der Waals surface area contributed by atoms with Gasteiger partial charge in [-0.05, 0) is 0 Å². The first kappa shape index (κ1) is 33.7. The summed E-state index contributed by atoms with van der Waals surface area (Å²) in [5.41, 5.74) is 11.2. The van der Waals surface area contributed by atoms with Crippen LogP contribution in [0.15, 0.2) is 23.8 Å². The number of aromatic nitrogens is 8. The quantitative estimate of drug-likeness (QED) is 0.124. The third-order valence-electron chi connectivity index (χ3n) is 8.66. The Morgan fingerprint density at radius 3 is 2.32 bits per heavy atom. The van der Waals surface area contributed by atoms with Crippen LogP contribution in [-0.4, -0.2) is 135 Å². The van der Waals surface area contributed by atoms with Crippen LogP contribution in [0.3, 0.4) is 0 Å². The Kier molecular flexibility index (Phi) is 8.50. The van der Waals surface area contributed by atoms with E-state index in [9.17, 15) is 29.0 Å². The number of aliphatic hydroxyl groups is 2. The van der Waals surface area contributed by atoms with Crippen LogP contribution in [0.1, 0.15) is 12.5 Å². The minimum atomic E-state index is -5.06. The SMILES string of the molecule is Nc1nc2c(ncn2[C@@H]2O[C@@H]3COP(=O)(O)O[C@@H]4C(O)[C@H](n5cnc6c(N)ncnc65)O[C@@H]4COP(=O)(N4CCOCC4)OC2[C@H]3O)c(=O)[nH]1. The smallest absolute Gasteiger partial charge is 0.387 e. The van der Waals surface area contributed by atoms with E-state index in [1.165, 1.54) is 32.8 Å². The number of H-pyrrole nitrogens is 1. The van der Waals surface area contributed by atoms with Crippen molar-refractivity contribution in [2.45, 2.75) is 49.1 Å². The fourth-order valence-corrected chi connectivity index (χ4v) is 9.09. The number of nitrogens with one attached hydrogen (secondary N) is 1. The maximum Gasteiger partial charge on any atom is 0.472 e. The number of hydrogen-bond acceptors (Lipinski definition) is 19. The molecule has 0 aromatic carbocycles. The van der Waals surface area contributed by atoms with Gasteiger partial charge in [0.05, 0.1) is 39.1 Å². The number of ether oxygens (including phenoxy) is 3. The highest BCUT2D eigenvalue weighted by Gasteiger charge is 2.55. The van der Waals surface area contributed by atoms with E-state index in [1.54, 1.807) is 0 Å². The maximum atomic E-state index is 14.9. The number of phosphoric acid groups is 1. The first-order valence-corrected chi connectivity index (χ1v) is 18.2. The predicted molar refractivity (Wildman–Crippen MR) is 164 cm³/mol. The number of aromatic amines is 1. The van der Waals surface area contributed by atoms with Crippen molar-refractivity contribution in [1.29, 1.82) is 0 Å². The molecule has 4 unspecified atom stereocenters. The number of rotatable bonds is 3. The molecule has 4 aliphatic heterocycles. The summed E-state index contributed by atoms with van der Waals surface area (Å²) in [6, 6.07) is 0. The molecule has 8 heterocycles. The van der Waals surface area contributed by atoms with E-state index < -0.39 is 83.4 Å². The van der Waals surface area contributed by atoms with Gasteiger partial charge in [0.1, 0.15) is 48.5 Å². The van der Waals surface area contributed by atoms with Crippen LogP contribution in [0, 0.1) is 0 Å². The lowest BCUT2D eigenvalue weighted by Crippen LogP contribution is -2.41. The molecule has 4 aromatic rings. The van der Waals surface area contributed by atoms with Gasteiger partial charge >= 0.3 is 15.6 Å². The van der Waals surface area contributed by atoms with Crippen molar-refractivity contribution in [3.8, 4) is 0 Å². The van der Waals surface area contributed by atoms with Crippen molar-refractivity contribution < 1.29 is 56.5 Å². The minimum absolute atomic E-state index is 0.0562. The second kappa shape index (κ2) is 12.6. The monoisotopic (exact) mass is 743 g/mol. The molecule has 0 saturated carbocycles. The van der Waals surface area contributed by atoms with Crippen molar-refractivity contribution in [1.82, 2.24) is 43.7 Å². The lowest BCUT2D eigenvalue weighted by molar-refractivity contribution is -0.0676. The summed E-state index contributed by atoms with van der Waals surface area (Å²) in [4.78, 5) is 46.1. The molecule has 8 rings (SSSR count). The molecule has 26 heteroatoms. The first-order valence-electron chi connectivity index (χ1n) is 15.2. The third-order valence-corrected chi connectivity index (χ3v) is 11.7. The summed E-state index contributed by atoms with van der Waals surface area (Å²) in [6.45, 7) is -0.879. The average Bonchev–Trinajstić information content (AvgIpc) is 3.85. The lowest BCUT2D eigenvalue weighted by Gasteiger charge is -2.36. The van der Waals surface area contributed by atoms with Gasteiger partial charge in [-0.3, -0.25) is 37.0 Å². The molecule has 4 fully saturated rings. The van der Waals surface area contributed by atoms with Gasteiger partial charge in [-0.2, -0.15) is 4.98 Å². The zero-order valence-electron chi connectivity index (χ0n) is 25.6. The number of nitrogens with two attached hydrogens (primary N) is 2. The Hall–Kier alpha value is -3.48. The van der Waals surface area contributed by atoms with E-state index in [-0.39, 0.29) is 60.4 Å². The van der Waals surface area contributed by atoms with Crippen molar-refractivity contribution in [3.63, 3.8) is 0 Å². The van der Waals surface area contributed by atoms with Gasteiger partial charge in [0.25, 0.3) is 5.56 Å². The first-order chi connectivity index (χ1) is 23.9. The van der Waals surface area contributed by atoms with Crippen LogP contribution in [0.2, 0.25) is 0 Å². The van der Waals surface area contributed by atoms with Crippen molar-refractivity contribution >= 4 is 49.7 Å². The van der Waals surface area contributed by atoms with Gasteiger partial charge in [-0.15, -0.1) is 0 Å². The third kappa shape index (κ3) is 5.81. The molecule has 270 valence electrons. The summed E-state index contributed by atoms with van der Waals surface area (Å²) in [5, 5.41) is 22.9. The normalized spacial score (nSPS) is 37.3. The van der Waals surface area contributed by atoms with E-state index >= 15 is 0 Å². The van der Waals surface area contributed by atoms with E-state index in [4.69, 9.17) is 43.8 Å². The summed E-state index contributed by atoms with van der Waals surface area (Å²) >= 11 is 0. The van der Waals surface area contributed by atoms with E-state index in [0.717, 1.165) is 0 Å². The Morgan fingerprint density at radius 2 is 1.54 bits per heavy atom. The van der Waals surface area contributed by atoms with Crippen LogP contribution in [-0.2, 0) is 41.4 Å². The van der Waals surface area contributed by atoms with Crippen molar-refractivity contribution in [3.05, 3.63) is 29.3 Å². The highest BCUT2D eigenvalue weighted by molar-refractivity contribution is 7.51. The molecule has 8 N–H and O–H groups in total. The van der Waals surface area contributed by atoms with Gasteiger partial charge in [-0.1, -0.05) is 0 Å². The number of hydrogen-bond donors (Lipinski definition) is 6. The second-order valence-corrected chi connectivity index (χ2v) is 15.1. The molecule has 4 aromatic heterocycles. The standard InChI is InChI=1S/C24H31N11O13P2/c25-18-12-19(28-7-27-18)34(8-29-12)22-15(37)16-11(46-22)6-43-49(39,33-1-3-42-4-2-33)47-17-14(36)10(5-44-50(40,41)48-16)45-23(17)35-9-30-13-20(35)31-24(26)32-21(13)38/h7-11,14-17,22-23,36-37H,1-6H2,(H,40,41)(H2,25,27,28)(H3,26,31,32,38)/t10-,11-,14+,15?,16+,17?,22-,23-,49?/m1/s1. The second-order valence-electron chi connectivity index (χ2n) is 11.7. The fourth-order valence-electron chi connectivity index (χ4n) is 6.24. The molecule has 4 aliphatic rings. The number of nitrogen functional groups attached to an aromatic ring is 2. The predicted octanol–water partition coefficient (Wildman–Crippen LogP) is -2.00. The molecular formula is C24H31N11O13P2. The van der Waals surface area contributed by atoms with E-state index in [0.29, 0.717) is 0 Å². The average molecular weight is 744 g/mol. The fraction of sp³-hybridized carbons (Fsp3) is 0.583. The summed E-state index contributed by atoms with van der Waals surface area (Å²) < 4.78 is 72.6. The number of phosphoric ester groups is 1. The summed E-state index contributed by atoms with van der Waals surface area (Å²) in [7, 11) is -9.52. The van der Waals surface area contributed by atoms with Crippen LogP contribution >= 0.6 is 15.6 Å². The van der Waals surface area contributed by atoms with Crippen LogP contribution in [0.25, 0.3) is 22.3 Å². The Morgan fingerprint density at radius 1 is 0.840 bits per heavy atom. The number of nitrogens with zero attached hydrogens (tertiary/aromatic N) is 8. The maximum absolute atomic E-state index is 14.9. The number of morpholine rings is 1. The largest absolute Gasteiger partial charge is 0.472 e. The van der Waals surface area contributed by atoms with Crippen LogP contribution < -0.4 is 17.0 Å². The summed E-state index contributed by atoms with van der Waals surface area (Å²) in [6.07, 6.45) is -8.26. The molecule has 0 aliphatic carbocycles. The van der Waals surface area contributed by atoms with Gasteiger partial charge in [0, 0.05) is 13.1 Å². The molecule has 2 bridgehead atoms. The minimum Gasteiger partial charge on any atom is -0.387 e. The number of fused-ring (bicyclic) bond motifs is 5. The number of anilines is 2. The summed E-state index contributed by atoms with van der Waals surface area (Å²) in [5.74, 6) is -0.179. The lowest BCUT2D eigenvalue weighted by atomic mass is 10.1. The highest BCUT2D eigenvalue weighted by atomic mass is 31.2. The topological polar surface area (TPSA) is 322 Å². The van der Waals surface area contributed by atoms with Crippen molar-refractivity contribution in [2.24, 2.45) is 0 Å². The van der Waals surface area contributed by atoms with Gasteiger partial charge in [0.15, 0.2) is 35.1 Å². The Bertz CT molecular complexity index is 2070. The molecule has 0 radical (unpaired) electrons. The number of imidazole rings is 2. The molecule has 0 spiro atoms. The van der Waals surface area contributed by atoms with E-state index in [2.05, 4.69) is 29.9 Å². The highest BCUT2D eigenvalue weighted by Crippen LogP contribution is 2.58. The van der Waals surface area contributed by atoms with Gasteiger partial charge < -0.3 is 40.8 Å². The molecule has 10 atom stereocenters. The van der Waals surface area contributed by atoms with Gasteiger partial charge in [0.2, 0.25) is 5.95 Å². The molecule has 4 saturated heterocycles. The van der Waals surface area contributed by atoms with Gasteiger partial charge in [-0.25, -0.2) is 33.7 Å². The van der Waals surface area contributed by atoms with Crippen LogP contribution in [0.5, 0.6) is 0 Å². The zero-order chi connectivity index (χ0) is 34.9. The molecule has 24 nitrogen and oxygen atoms in total. The molecule has 50 heavy (non-hydrogen) atoms.